The molecule has 1 heterocycles. The Hall–Kier alpha value is -2.95. The maximum absolute atomic E-state index is 5.54. The van der Waals surface area contributed by atoms with Crippen LogP contribution in [0, 0.1) is 20.2 Å². The second kappa shape index (κ2) is 6.89. The highest BCUT2D eigenvalue weighted by atomic mass is 16.5. The van der Waals surface area contributed by atoms with Crippen LogP contribution in [0.4, 0.5) is 0 Å². The van der Waals surface area contributed by atoms with Gasteiger partial charge in [-0.25, -0.2) is 0 Å². The topological polar surface area (TPSA) is 36.5 Å². The van der Waals surface area contributed by atoms with Crippen LogP contribution in [0.1, 0.15) is 11.4 Å². The number of hydrogen-bond donors (Lipinski definition) is 0. The summed E-state index contributed by atoms with van der Waals surface area (Å²) in [5.41, 5.74) is 4.12. The van der Waals surface area contributed by atoms with Crippen LogP contribution in [0.5, 0.6) is 17.2 Å². The fraction of sp³-hybridized carbons (Fsp3) is 0.250. The predicted molar refractivity (Wildman–Crippen MR) is 95.3 cm³/mol. The third-order valence-corrected chi connectivity index (χ3v) is 4.35. The minimum absolute atomic E-state index is 0.732. The molecule has 0 aliphatic carbocycles. The second-order valence-electron chi connectivity index (χ2n) is 5.68. The monoisotopic (exact) mass is 338 g/mol. The van der Waals surface area contributed by atoms with Crippen LogP contribution in [0.3, 0.4) is 0 Å². The van der Waals surface area contributed by atoms with Gasteiger partial charge in [-0.05, 0) is 50.2 Å². The summed E-state index contributed by atoms with van der Waals surface area (Å²) in [5.74, 6) is 2.32. The van der Waals surface area contributed by atoms with E-state index in [0.717, 1.165) is 40.0 Å². The zero-order valence-corrected chi connectivity index (χ0v) is 15.2. The smallest absolute Gasteiger partial charge is 0.269 e. The van der Waals surface area contributed by atoms with Crippen LogP contribution < -0.4 is 18.8 Å². The minimum atomic E-state index is 0.732. The van der Waals surface area contributed by atoms with Crippen molar-refractivity contribution in [1.29, 1.82) is 0 Å². The normalized spacial score (nSPS) is 10.6. The number of rotatable bonds is 5. The fourth-order valence-electron chi connectivity index (χ4n) is 2.76. The summed E-state index contributed by atoms with van der Waals surface area (Å²) in [7, 11) is 4.96. The molecule has 0 fully saturated rings. The van der Waals surface area contributed by atoms with Gasteiger partial charge in [0.1, 0.15) is 22.9 Å². The highest BCUT2D eigenvalue weighted by Gasteiger charge is 2.16. The number of aromatic nitrogens is 2. The first kappa shape index (κ1) is 16.9. The van der Waals surface area contributed by atoms with Crippen LogP contribution in [-0.2, 0) is 0 Å². The molecule has 3 aromatic rings. The van der Waals surface area contributed by atoms with Gasteiger partial charge in [-0.3, -0.25) is 9.13 Å². The lowest BCUT2D eigenvalue weighted by Gasteiger charge is -2.11. The lowest BCUT2D eigenvalue weighted by molar-refractivity contribution is -0.606. The van der Waals surface area contributed by atoms with Gasteiger partial charge in [0.25, 0.3) is 6.33 Å². The van der Waals surface area contributed by atoms with Gasteiger partial charge in [0.05, 0.1) is 38.4 Å². The average Bonchev–Trinajstić information content (AvgIpc) is 2.96. The van der Waals surface area contributed by atoms with Crippen LogP contribution in [0.25, 0.3) is 11.4 Å². The van der Waals surface area contributed by atoms with Crippen molar-refractivity contribution in [2.75, 3.05) is 21.3 Å². The van der Waals surface area contributed by atoms with E-state index in [9.17, 15) is 0 Å². The number of methoxy groups -OCH3 is 3. The van der Waals surface area contributed by atoms with Crippen LogP contribution >= 0.6 is 0 Å². The molecule has 0 N–H and O–H groups in total. The van der Waals surface area contributed by atoms with E-state index >= 15 is 0 Å². The van der Waals surface area contributed by atoms with Gasteiger partial charge in [-0.1, -0.05) is 0 Å². The first-order valence-electron chi connectivity index (χ1n) is 7.99. The van der Waals surface area contributed by atoms with Crippen LogP contribution in [0.2, 0.25) is 0 Å². The predicted octanol–water partition coefficient (Wildman–Crippen LogP) is 3.20. The number of imidazole rings is 1. The Labute approximate surface area is 148 Å². The molecule has 5 heteroatoms. The van der Waals surface area contributed by atoms with Crippen LogP contribution in [0.15, 0.2) is 42.5 Å². The molecule has 0 bridgehead atoms. The molecule has 0 atom stereocenters. The molecule has 0 aliphatic heterocycles. The van der Waals surface area contributed by atoms with Gasteiger partial charge < -0.3 is 14.2 Å². The second-order valence-corrected chi connectivity index (χ2v) is 5.68. The van der Waals surface area contributed by atoms with Gasteiger partial charge in [0, 0.05) is 6.07 Å². The summed E-state index contributed by atoms with van der Waals surface area (Å²) >= 11 is 0. The molecule has 0 amide bonds. The first-order chi connectivity index (χ1) is 12.1. The highest BCUT2D eigenvalue weighted by Crippen LogP contribution is 2.29. The van der Waals surface area contributed by atoms with Crippen molar-refractivity contribution in [2.24, 2.45) is 0 Å². The largest absolute Gasteiger partial charge is 0.500 e. The molecule has 5 nitrogen and oxygen atoms in total. The molecule has 0 unspecified atom stereocenters. The summed E-state index contributed by atoms with van der Waals surface area (Å²) in [5, 5.41) is 0. The number of hydrogen-bond acceptors (Lipinski definition) is 3. The Morgan fingerprint density at radius 3 is 2.08 bits per heavy atom. The zero-order valence-electron chi connectivity index (χ0n) is 15.2. The molecule has 0 saturated heterocycles. The summed E-state index contributed by atoms with van der Waals surface area (Å²) in [6.07, 6.45) is 3.40. The lowest BCUT2D eigenvalue weighted by atomic mass is 10.2. The van der Waals surface area contributed by atoms with Gasteiger partial charge in [0.2, 0.25) is 0 Å². The van der Waals surface area contributed by atoms with E-state index in [2.05, 4.69) is 20.2 Å². The molecule has 0 radical (unpaired) electrons. The zero-order chi connectivity index (χ0) is 18.0. The Bertz CT molecular complexity index is 883. The molecule has 2 aromatic carbocycles. The molecule has 0 aliphatic rings. The van der Waals surface area contributed by atoms with E-state index < -0.39 is 0 Å². The average molecular weight is 338 g/mol. The maximum Gasteiger partial charge on any atom is 0.269 e. The summed E-state index contributed by atoms with van der Waals surface area (Å²) < 4.78 is 20.1. The van der Waals surface area contributed by atoms with E-state index in [-0.39, 0.29) is 0 Å². The van der Waals surface area contributed by atoms with Crippen molar-refractivity contribution in [3.8, 4) is 28.6 Å². The van der Waals surface area contributed by atoms with Gasteiger partial charge in [0.15, 0.2) is 0 Å². The molecule has 25 heavy (non-hydrogen) atoms. The molecular weight excluding hydrogens is 316 g/mol. The van der Waals surface area contributed by atoms with Crippen molar-refractivity contribution in [3.05, 3.63) is 60.2 Å². The SMILES string of the molecule is COc1ccc(-[n+]2[c-]n(-c3ccc(OC)cc3OC)c(C)c2C)cc1. The fourth-order valence-corrected chi connectivity index (χ4v) is 2.76. The molecular formula is C20H22N2O3. The van der Waals surface area contributed by atoms with E-state index in [1.165, 1.54) is 0 Å². The van der Waals surface area contributed by atoms with Crippen molar-refractivity contribution in [1.82, 2.24) is 4.57 Å². The standard InChI is InChI=1S/C20H22N2O3/c1-14-15(2)22(19-11-10-18(24-4)12-20(19)25-5)13-21(14)16-6-8-17(23-3)9-7-16/h6-12H,1-5H3. The Morgan fingerprint density at radius 1 is 0.840 bits per heavy atom. The Kier molecular flexibility index (Phi) is 4.65. The molecule has 130 valence electrons. The number of benzene rings is 2. The Balaban J connectivity index is 2.10. The third kappa shape index (κ3) is 3.05. The molecule has 3 rings (SSSR count). The third-order valence-electron chi connectivity index (χ3n) is 4.35. The first-order valence-corrected chi connectivity index (χ1v) is 7.99. The molecule has 1 aromatic heterocycles. The Morgan fingerprint density at radius 2 is 1.48 bits per heavy atom. The van der Waals surface area contributed by atoms with E-state index in [1.54, 1.807) is 21.3 Å². The number of ether oxygens (including phenoxy) is 3. The summed E-state index contributed by atoms with van der Waals surface area (Å²) in [6.45, 7) is 4.14. The lowest BCUT2D eigenvalue weighted by Crippen LogP contribution is -2.32. The van der Waals surface area contributed by atoms with Gasteiger partial charge in [-0.2, -0.15) is 0 Å². The highest BCUT2D eigenvalue weighted by molar-refractivity contribution is 5.51. The minimum Gasteiger partial charge on any atom is -0.500 e. The van der Waals surface area contributed by atoms with E-state index in [0.29, 0.717) is 0 Å². The number of nitrogens with zero attached hydrogens (tertiary/aromatic N) is 2. The van der Waals surface area contributed by atoms with E-state index in [4.69, 9.17) is 14.2 Å². The van der Waals surface area contributed by atoms with Gasteiger partial charge >= 0.3 is 0 Å². The van der Waals surface area contributed by atoms with Crippen LogP contribution in [-0.4, -0.2) is 25.9 Å². The summed E-state index contributed by atoms with van der Waals surface area (Å²) in [4.78, 5) is 0. The van der Waals surface area contributed by atoms with E-state index in [1.807, 2.05) is 51.6 Å². The van der Waals surface area contributed by atoms with Crippen molar-refractivity contribution in [2.45, 2.75) is 13.8 Å². The maximum atomic E-state index is 5.54. The van der Waals surface area contributed by atoms with Crippen molar-refractivity contribution < 1.29 is 18.8 Å². The van der Waals surface area contributed by atoms with Crippen molar-refractivity contribution in [3.63, 3.8) is 0 Å². The summed E-state index contributed by atoms with van der Waals surface area (Å²) in [6, 6.07) is 13.7. The molecule has 0 saturated carbocycles. The van der Waals surface area contributed by atoms with Crippen molar-refractivity contribution >= 4 is 0 Å². The molecule has 0 spiro atoms. The quantitative estimate of drug-likeness (QED) is 0.529. The van der Waals surface area contributed by atoms with Gasteiger partial charge in [-0.15, -0.1) is 0 Å².